The van der Waals surface area contributed by atoms with Crippen LogP contribution in [-0.2, 0) is 9.53 Å². The molecule has 0 N–H and O–H groups in total. The van der Waals surface area contributed by atoms with Crippen LogP contribution in [0.1, 0.15) is 0 Å². The first-order valence-corrected chi connectivity index (χ1v) is 5.20. The number of benzene rings is 2. The summed E-state index contributed by atoms with van der Waals surface area (Å²) in [6, 6.07) is 13.7. The standard InChI is InChI=1S/C14H12O3/c1-16-14(15)9-10-17-13-8-4-6-11-5-2-3-7-12(11)13/h2-10H,1H3/b10-9+. The number of hydrogen-bond acceptors (Lipinski definition) is 3. The van der Waals surface area contributed by atoms with E-state index in [-0.39, 0.29) is 0 Å². The highest BCUT2D eigenvalue weighted by Crippen LogP contribution is 2.25. The molecule has 0 radical (unpaired) electrons. The second-order valence-electron chi connectivity index (χ2n) is 3.42. The Balaban J connectivity index is 2.24. The van der Waals surface area contributed by atoms with E-state index in [0.717, 1.165) is 10.8 Å². The molecule has 86 valence electrons. The predicted octanol–water partition coefficient (Wildman–Crippen LogP) is 2.91. The summed E-state index contributed by atoms with van der Waals surface area (Å²) in [5.41, 5.74) is 0. The Morgan fingerprint density at radius 3 is 2.71 bits per heavy atom. The lowest BCUT2D eigenvalue weighted by Crippen LogP contribution is -1.95. The van der Waals surface area contributed by atoms with Gasteiger partial charge in [0, 0.05) is 5.39 Å². The topological polar surface area (TPSA) is 35.5 Å². The molecule has 0 unspecified atom stereocenters. The number of methoxy groups -OCH3 is 1. The molecule has 0 fully saturated rings. The van der Waals surface area contributed by atoms with Crippen LogP contribution in [0.2, 0.25) is 0 Å². The van der Waals surface area contributed by atoms with Crippen molar-refractivity contribution in [2.24, 2.45) is 0 Å². The van der Waals surface area contributed by atoms with E-state index in [4.69, 9.17) is 4.74 Å². The van der Waals surface area contributed by atoms with E-state index in [9.17, 15) is 4.79 Å². The van der Waals surface area contributed by atoms with Gasteiger partial charge in [-0.2, -0.15) is 0 Å². The number of rotatable bonds is 3. The van der Waals surface area contributed by atoms with Crippen molar-refractivity contribution in [3.63, 3.8) is 0 Å². The van der Waals surface area contributed by atoms with Gasteiger partial charge in [-0.05, 0) is 11.5 Å². The highest BCUT2D eigenvalue weighted by molar-refractivity contribution is 5.88. The summed E-state index contributed by atoms with van der Waals surface area (Å²) in [4.78, 5) is 10.9. The van der Waals surface area contributed by atoms with E-state index in [0.29, 0.717) is 5.75 Å². The zero-order chi connectivity index (χ0) is 12.1. The molecule has 0 aliphatic heterocycles. The Kier molecular flexibility index (Phi) is 3.40. The molecule has 0 saturated carbocycles. The molecule has 0 saturated heterocycles. The average Bonchev–Trinajstić information content (AvgIpc) is 2.39. The van der Waals surface area contributed by atoms with Crippen molar-refractivity contribution in [3.05, 3.63) is 54.8 Å². The molecule has 0 amide bonds. The van der Waals surface area contributed by atoms with Gasteiger partial charge in [-0.3, -0.25) is 0 Å². The van der Waals surface area contributed by atoms with Gasteiger partial charge in [0.2, 0.25) is 0 Å². The summed E-state index contributed by atoms with van der Waals surface area (Å²) in [6.07, 6.45) is 2.56. The second kappa shape index (κ2) is 5.16. The Morgan fingerprint density at radius 2 is 1.88 bits per heavy atom. The maximum Gasteiger partial charge on any atom is 0.333 e. The summed E-state index contributed by atoms with van der Waals surface area (Å²) in [7, 11) is 1.32. The first kappa shape index (κ1) is 11.2. The van der Waals surface area contributed by atoms with Gasteiger partial charge in [0.05, 0.1) is 19.4 Å². The second-order valence-corrected chi connectivity index (χ2v) is 3.42. The molecule has 0 heterocycles. The van der Waals surface area contributed by atoms with E-state index in [2.05, 4.69) is 4.74 Å². The van der Waals surface area contributed by atoms with Gasteiger partial charge < -0.3 is 9.47 Å². The van der Waals surface area contributed by atoms with Crippen molar-refractivity contribution in [1.29, 1.82) is 0 Å². The van der Waals surface area contributed by atoms with Crippen LogP contribution in [0.5, 0.6) is 5.75 Å². The van der Waals surface area contributed by atoms with E-state index in [1.54, 1.807) is 0 Å². The molecular formula is C14H12O3. The lowest BCUT2D eigenvalue weighted by atomic mass is 10.1. The molecule has 0 atom stereocenters. The Bertz CT molecular complexity index is 553. The van der Waals surface area contributed by atoms with Gasteiger partial charge in [-0.25, -0.2) is 4.79 Å². The first-order chi connectivity index (χ1) is 8.31. The van der Waals surface area contributed by atoms with E-state index >= 15 is 0 Å². The normalized spacial score (nSPS) is 10.6. The lowest BCUT2D eigenvalue weighted by molar-refractivity contribution is -0.134. The van der Waals surface area contributed by atoms with Gasteiger partial charge in [-0.15, -0.1) is 0 Å². The number of ether oxygens (including phenoxy) is 2. The van der Waals surface area contributed by atoms with Gasteiger partial charge in [0.1, 0.15) is 5.75 Å². The van der Waals surface area contributed by atoms with Crippen molar-refractivity contribution in [1.82, 2.24) is 0 Å². The zero-order valence-corrected chi connectivity index (χ0v) is 9.42. The molecule has 3 nitrogen and oxygen atoms in total. The minimum absolute atomic E-state index is 0.440. The van der Waals surface area contributed by atoms with Crippen LogP contribution in [0.25, 0.3) is 10.8 Å². The fourth-order valence-electron chi connectivity index (χ4n) is 1.53. The Labute approximate surface area is 99.3 Å². The first-order valence-electron chi connectivity index (χ1n) is 5.20. The molecule has 0 spiro atoms. The van der Waals surface area contributed by atoms with Crippen LogP contribution < -0.4 is 4.74 Å². The number of carbonyl (C=O) groups is 1. The van der Waals surface area contributed by atoms with Gasteiger partial charge >= 0.3 is 5.97 Å². The van der Waals surface area contributed by atoms with Crippen molar-refractivity contribution >= 4 is 16.7 Å². The molecule has 17 heavy (non-hydrogen) atoms. The van der Waals surface area contributed by atoms with Gasteiger partial charge in [-0.1, -0.05) is 36.4 Å². The summed E-state index contributed by atoms with van der Waals surface area (Å²) >= 11 is 0. The maximum absolute atomic E-state index is 10.9. The van der Waals surface area contributed by atoms with Crippen LogP contribution in [0, 0.1) is 0 Å². The zero-order valence-electron chi connectivity index (χ0n) is 9.42. The predicted molar refractivity (Wildman–Crippen MR) is 65.7 cm³/mol. The summed E-state index contributed by atoms with van der Waals surface area (Å²) in [5, 5.41) is 2.10. The van der Waals surface area contributed by atoms with Gasteiger partial charge in [0.25, 0.3) is 0 Å². The molecule has 0 aliphatic carbocycles. The van der Waals surface area contributed by atoms with Crippen molar-refractivity contribution in [2.45, 2.75) is 0 Å². The molecule has 2 rings (SSSR count). The van der Waals surface area contributed by atoms with Gasteiger partial charge in [0.15, 0.2) is 0 Å². The van der Waals surface area contributed by atoms with Crippen LogP contribution in [0.4, 0.5) is 0 Å². The monoisotopic (exact) mass is 228 g/mol. The van der Waals surface area contributed by atoms with Crippen LogP contribution in [0.3, 0.4) is 0 Å². The minimum Gasteiger partial charge on any atom is -0.466 e. The SMILES string of the molecule is COC(=O)/C=C/Oc1cccc2ccccc12. The summed E-state index contributed by atoms with van der Waals surface area (Å²) in [6.45, 7) is 0. The average molecular weight is 228 g/mol. The Hall–Kier alpha value is -2.29. The van der Waals surface area contributed by atoms with Crippen LogP contribution >= 0.6 is 0 Å². The number of fused-ring (bicyclic) bond motifs is 1. The highest BCUT2D eigenvalue weighted by Gasteiger charge is 1.99. The molecular weight excluding hydrogens is 216 g/mol. The fourth-order valence-corrected chi connectivity index (χ4v) is 1.53. The third-order valence-electron chi connectivity index (χ3n) is 2.35. The van der Waals surface area contributed by atoms with Crippen molar-refractivity contribution in [3.8, 4) is 5.75 Å². The highest BCUT2D eigenvalue weighted by atomic mass is 16.5. The van der Waals surface area contributed by atoms with Crippen molar-refractivity contribution < 1.29 is 14.3 Å². The largest absolute Gasteiger partial charge is 0.466 e. The number of esters is 1. The summed E-state index contributed by atoms with van der Waals surface area (Å²) < 4.78 is 9.88. The molecule has 2 aromatic rings. The van der Waals surface area contributed by atoms with Crippen molar-refractivity contribution in [2.75, 3.05) is 7.11 Å². The fraction of sp³-hybridized carbons (Fsp3) is 0.0714. The minimum atomic E-state index is -0.440. The van der Waals surface area contributed by atoms with E-state index in [1.165, 1.54) is 19.4 Å². The van der Waals surface area contributed by atoms with Crippen LogP contribution in [0.15, 0.2) is 54.8 Å². The lowest BCUT2D eigenvalue weighted by Gasteiger charge is -2.04. The quantitative estimate of drug-likeness (QED) is 0.460. The molecule has 2 aromatic carbocycles. The van der Waals surface area contributed by atoms with Crippen LogP contribution in [-0.4, -0.2) is 13.1 Å². The third-order valence-corrected chi connectivity index (χ3v) is 2.35. The Morgan fingerprint density at radius 1 is 1.12 bits per heavy atom. The van der Waals surface area contributed by atoms with E-state index < -0.39 is 5.97 Å². The van der Waals surface area contributed by atoms with E-state index in [1.807, 2.05) is 42.5 Å². The smallest absolute Gasteiger partial charge is 0.333 e. The molecule has 0 aliphatic rings. The molecule has 3 heteroatoms. The number of carbonyl (C=O) groups excluding carboxylic acids is 1. The molecule has 0 bridgehead atoms. The maximum atomic E-state index is 10.9. The number of hydrogen-bond donors (Lipinski definition) is 0. The third kappa shape index (κ3) is 2.64. The molecule has 0 aromatic heterocycles. The summed E-state index contributed by atoms with van der Waals surface area (Å²) in [5.74, 6) is 0.272.